The van der Waals surface area contributed by atoms with E-state index in [4.69, 9.17) is 0 Å². The molecular formula is C10H13F3N2OSi. The van der Waals surface area contributed by atoms with E-state index in [2.05, 4.69) is 4.98 Å². The SMILES string of the molecule is C[Si](C)(C)c1ncccc1NC(=O)C(F)(F)F. The first-order chi connectivity index (χ1) is 7.62. The predicted octanol–water partition coefficient (Wildman–Crippen LogP) is 2.13. The molecule has 0 aromatic carbocycles. The Kier molecular flexibility index (Phi) is 3.61. The van der Waals surface area contributed by atoms with Crippen LogP contribution < -0.4 is 10.6 Å². The van der Waals surface area contributed by atoms with Crippen molar-refractivity contribution in [1.29, 1.82) is 0 Å². The normalized spacial score (nSPS) is 12.4. The van der Waals surface area contributed by atoms with Gasteiger partial charge in [0.1, 0.15) is 8.07 Å². The fraction of sp³-hybridized carbons (Fsp3) is 0.400. The van der Waals surface area contributed by atoms with Crippen molar-refractivity contribution in [2.75, 3.05) is 5.32 Å². The van der Waals surface area contributed by atoms with Crippen molar-refractivity contribution in [3.63, 3.8) is 0 Å². The van der Waals surface area contributed by atoms with Crippen molar-refractivity contribution in [2.24, 2.45) is 0 Å². The molecule has 0 spiro atoms. The van der Waals surface area contributed by atoms with E-state index in [1.165, 1.54) is 18.3 Å². The van der Waals surface area contributed by atoms with Gasteiger partial charge >= 0.3 is 12.1 Å². The molecule has 1 aromatic rings. The van der Waals surface area contributed by atoms with Gasteiger partial charge in [0, 0.05) is 11.5 Å². The standard InChI is InChI=1S/C10H13F3N2OSi/c1-17(2,3)8-7(5-4-6-14-8)15-9(16)10(11,12)13/h4-6H,1-3H3,(H,15,16). The first kappa shape index (κ1) is 13.7. The molecule has 0 aliphatic carbocycles. The van der Waals surface area contributed by atoms with Gasteiger partial charge in [-0.2, -0.15) is 13.2 Å². The van der Waals surface area contributed by atoms with E-state index < -0.39 is 20.2 Å². The lowest BCUT2D eigenvalue weighted by atomic mass is 10.4. The molecule has 3 nitrogen and oxygen atoms in total. The second-order valence-electron chi connectivity index (χ2n) is 4.60. The molecule has 0 aliphatic heterocycles. The Hall–Kier alpha value is -1.37. The Balaban J connectivity index is 3.04. The molecule has 0 saturated carbocycles. The Morgan fingerprint density at radius 1 is 1.35 bits per heavy atom. The summed E-state index contributed by atoms with van der Waals surface area (Å²) >= 11 is 0. The molecule has 0 radical (unpaired) electrons. The van der Waals surface area contributed by atoms with E-state index >= 15 is 0 Å². The highest BCUT2D eigenvalue weighted by molar-refractivity contribution is 6.89. The molecule has 1 N–H and O–H groups in total. The number of nitrogens with zero attached hydrogens (tertiary/aromatic N) is 1. The number of halogens is 3. The van der Waals surface area contributed by atoms with Crippen LogP contribution in [0.2, 0.25) is 19.6 Å². The average Bonchev–Trinajstić information content (AvgIpc) is 2.15. The number of hydrogen-bond donors (Lipinski definition) is 1. The van der Waals surface area contributed by atoms with Crippen molar-refractivity contribution in [2.45, 2.75) is 25.8 Å². The molecule has 0 saturated heterocycles. The predicted molar refractivity (Wildman–Crippen MR) is 61.9 cm³/mol. The summed E-state index contributed by atoms with van der Waals surface area (Å²) in [6, 6.07) is 2.93. The Morgan fingerprint density at radius 3 is 2.41 bits per heavy atom. The minimum absolute atomic E-state index is 0.147. The van der Waals surface area contributed by atoms with Gasteiger partial charge in [-0.15, -0.1) is 0 Å². The highest BCUT2D eigenvalue weighted by Gasteiger charge is 2.39. The number of anilines is 1. The summed E-state index contributed by atoms with van der Waals surface area (Å²) in [6.07, 6.45) is -3.37. The number of carbonyl (C=O) groups is 1. The highest BCUT2D eigenvalue weighted by Crippen LogP contribution is 2.18. The van der Waals surface area contributed by atoms with Gasteiger partial charge in [-0.25, -0.2) is 0 Å². The van der Waals surface area contributed by atoms with Gasteiger partial charge in [0.05, 0.1) is 5.69 Å². The molecule has 0 atom stereocenters. The minimum atomic E-state index is -4.88. The first-order valence-electron chi connectivity index (χ1n) is 4.96. The van der Waals surface area contributed by atoms with Crippen LogP contribution >= 0.6 is 0 Å². The van der Waals surface area contributed by atoms with Crippen molar-refractivity contribution < 1.29 is 18.0 Å². The number of amides is 1. The van der Waals surface area contributed by atoms with Gasteiger partial charge in [-0.1, -0.05) is 19.6 Å². The summed E-state index contributed by atoms with van der Waals surface area (Å²) in [5.74, 6) is -1.97. The van der Waals surface area contributed by atoms with E-state index in [0.29, 0.717) is 5.32 Å². The van der Waals surface area contributed by atoms with Crippen LogP contribution in [0, 0.1) is 0 Å². The summed E-state index contributed by atoms with van der Waals surface area (Å²) in [6.45, 7) is 5.83. The van der Waals surface area contributed by atoms with Crippen LogP contribution in [0.25, 0.3) is 0 Å². The zero-order chi connectivity index (χ0) is 13.3. The zero-order valence-corrected chi connectivity index (χ0v) is 10.7. The number of carbonyl (C=O) groups excluding carboxylic acids is 1. The third-order valence-corrected chi connectivity index (χ3v) is 3.84. The monoisotopic (exact) mass is 262 g/mol. The fourth-order valence-electron chi connectivity index (χ4n) is 1.30. The fourth-order valence-corrected chi connectivity index (χ4v) is 2.71. The first-order valence-corrected chi connectivity index (χ1v) is 8.46. The molecule has 94 valence electrons. The van der Waals surface area contributed by atoms with Gasteiger partial charge < -0.3 is 5.32 Å². The molecular weight excluding hydrogens is 249 g/mol. The molecule has 7 heteroatoms. The molecule has 17 heavy (non-hydrogen) atoms. The van der Waals surface area contributed by atoms with Gasteiger partial charge in [0.15, 0.2) is 0 Å². The molecule has 0 fully saturated rings. The summed E-state index contributed by atoms with van der Waals surface area (Å²) in [4.78, 5) is 14.9. The molecule has 1 aromatic heterocycles. The van der Waals surface area contributed by atoms with E-state index in [0.717, 1.165) is 0 Å². The number of hydrogen-bond acceptors (Lipinski definition) is 2. The third kappa shape index (κ3) is 3.55. The Morgan fingerprint density at radius 2 is 1.94 bits per heavy atom. The van der Waals surface area contributed by atoms with Crippen LogP contribution in [-0.4, -0.2) is 25.1 Å². The summed E-state index contributed by atoms with van der Waals surface area (Å²) in [5, 5.41) is 2.42. The largest absolute Gasteiger partial charge is 0.471 e. The van der Waals surface area contributed by atoms with Crippen molar-refractivity contribution in [3.8, 4) is 0 Å². The quantitative estimate of drug-likeness (QED) is 0.830. The maximum Gasteiger partial charge on any atom is 0.471 e. The minimum Gasteiger partial charge on any atom is -0.317 e. The number of rotatable bonds is 2. The van der Waals surface area contributed by atoms with E-state index in [-0.39, 0.29) is 5.69 Å². The second-order valence-corrected chi connectivity index (χ2v) is 9.58. The van der Waals surface area contributed by atoms with Crippen LogP contribution in [-0.2, 0) is 4.79 Å². The molecule has 0 bridgehead atoms. The highest BCUT2D eigenvalue weighted by atomic mass is 28.3. The molecule has 1 heterocycles. The topological polar surface area (TPSA) is 42.0 Å². The van der Waals surface area contributed by atoms with Crippen LogP contribution in [0.5, 0.6) is 0 Å². The third-order valence-electron chi connectivity index (χ3n) is 2.02. The van der Waals surface area contributed by atoms with E-state index in [1.54, 1.807) is 0 Å². The lowest BCUT2D eigenvalue weighted by molar-refractivity contribution is -0.167. The van der Waals surface area contributed by atoms with Crippen LogP contribution in [0.4, 0.5) is 18.9 Å². The Labute approximate surface area is 98.1 Å². The lowest BCUT2D eigenvalue weighted by Gasteiger charge is -2.19. The number of alkyl halides is 3. The zero-order valence-electron chi connectivity index (χ0n) is 9.72. The molecule has 0 unspecified atom stereocenters. The maximum atomic E-state index is 12.1. The van der Waals surface area contributed by atoms with Crippen molar-refractivity contribution in [1.82, 2.24) is 4.98 Å². The number of nitrogens with one attached hydrogen (secondary N) is 1. The molecule has 0 aliphatic rings. The molecule has 1 rings (SSSR count). The van der Waals surface area contributed by atoms with Gasteiger partial charge in [0.25, 0.3) is 0 Å². The van der Waals surface area contributed by atoms with Crippen LogP contribution in [0.15, 0.2) is 18.3 Å². The smallest absolute Gasteiger partial charge is 0.317 e. The van der Waals surface area contributed by atoms with E-state index in [9.17, 15) is 18.0 Å². The number of aromatic nitrogens is 1. The van der Waals surface area contributed by atoms with Crippen LogP contribution in [0.1, 0.15) is 0 Å². The van der Waals surface area contributed by atoms with Crippen molar-refractivity contribution in [3.05, 3.63) is 18.3 Å². The molecule has 1 amide bonds. The van der Waals surface area contributed by atoms with Crippen molar-refractivity contribution >= 4 is 25.0 Å². The summed E-state index contributed by atoms with van der Waals surface area (Å²) < 4.78 is 36.4. The van der Waals surface area contributed by atoms with Gasteiger partial charge in [0.2, 0.25) is 0 Å². The van der Waals surface area contributed by atoms with Gasteiger partial charge in [-0.05, 0) is 12.1 Å². The van der Waals surface area contributed by atoms with Crippen LogP contribution in [0.3, 0.4) is 0 Å². The summed E-state index contributed by atoms with van der Waals surface area (Å²) in [7, 11) is -1.90. The maximum absolute atomic E-state index is 12.1. The Bertz CT molecular complexity index is 426. The second kappa shape index (κ2) is 4.48. The number of pyridine rings is 1. The van der Waals surface area contributed by atoms with E-state index in [1.807, 2.05) is 25.0 Å². The summed E-state index contributed by atoms with van der Waals surface area (Å²) in [5.41, 5.74) is 0.147. The van der Waals surface area contributed by atoms with Gasteiger partial charge in [-0.3, -0.25) is 9.78 Å². The lowest BCUT2D eigenvalue weighted by Crippen LogP contribution is -2.43. The average molecular weight is 262 g/mol.